The number of alkyl halides is 1. The molecule has 1 saturated carbocycles. The van der Waals surface area contributed by atoms with Gasteiger partial charge in [-0.2, -0.15) is 0 Å². The van der Waals surface area contributed by atoms with Gasteiger partial charge in [0.1, 0.15) is 5.82 Å². The summed E-state index contributed by atoms with van der Waals surface area (Å²) in [6.07, 6.45) is 4.48. The Morgan fingerprint density at radius 3 is 2.67 bits per heavy atom. The van der Waals surface area contributed by atoms with Gasteiger partial charge in [0.2, 0.25) is 0 Å². The van der Waals surface area contributed by atoms with Crippen LogP contribution in [-0.4, -0.2) is 27.9 Å². The van der Waals surface area contributed by atoms with Crippen LogP contribution >= 0.6 is 15.9 Å². The summed E-state index contributed by atoms with van der Waals surface area (Å²) in [6, 6.07) is 0.693. The van der Waals surface area contributed by atoms with Crippen molar-refractivity contribution in [2.45, 2.75) is 32.7 Å². The third-order valence-electron chi connectivity index (χ3n) is 2.79. The molecule has 2 rings (SSSR count). The molecule has 1 aromatic heterocycles. The summed E-state index contributed by atoms with van der Waals surface area (Å²) in [5, 5.41) is 0.984. The number of halogens is 1. The van der Waals surface area contributed by atoms with Gasteiger partial charge in [0.05, 0.1) is 17.6 Å². The number of aromatic nitrogens is 2. The van der Waals surface area contributed by atoms with Gasteiger partial charge >= 0.3 is 0 Å². The van der Waals surface area contributed by atoms with Gasteiger partial charge < -0.3 is 4.90 Å². The molecule has 1 aromatic rings. The standard InChI is InChI=1S/C11H16BrN3/c1-8-9(2)14-11(7-13-8)15(6-5-12)10-3-4-10/h7,10H,3-6H2,1-2H3. The molecule has 0 unspecified atom stereocenters. The highest BCUT2D eigenvalue weighted by Gasteiger charge is 2.29. The van der Waals surface area contributed by atoms with Crippen molar-refractivity contribution in [1.82, 2.24) is 9.97 Å². The average Bonchev–Trinajstić information content (AvgIpc) is 3.02. The van der Waals surface area contributed by atoms with Gasteiger partial charge in [-0.05, 0) is 26.7 Å². The maximum absolute atomic E-state index is 4.60. The van der Waals surface area contributed by atoms with E-state index in [0.29, 0.717) is 6.04 Å². The van der Waals surface area contributed by atoms with E-state index in [1.807, 2.05) is 20.0 Å². The van der Waals surface area contributed by atoms with E-state index in [-0.39, 0.29) is 0 Å². The molecule has 0 aromatic carbocycles. The zero-order valence-corrected chi connectivity index (χ0v) is 10.8. The molecule has 0 aliphatic heterocycles. The number of nitrogens with zero attached hydrogens (tertiary/aromatic N) is 3. The van der Waals surface area contributed by atoms with E-state index in [4.69, 9.17) is 0 Å². The summed E-state index contributed by atoms with van der Waals surface area (Å²) in [4.78, 5) is 11.3. The molecule has 1 fully saturated rings. The minimum absolute atomic E-state index is 0.693. The number of hydrogen-bond acceptors (Lipinski definition) is 3. The zero-order valence-electron chi connectivity index (χ0n) is 9.20. The Hall–Kier alpha value is -0.640. The predicted molar refractivity (Wildman–Crippen MR) is 65.7 cm³/mol. The highest BCUT2D eigenvalue weighted by atomic mass is 79.9. The van der Waals surface area contributed by atoms with Crippen LogP contribution in [0.2, 0.25) is 0 Å². The summed E-state index contributed by atoms with van der Waals surface area (Å²) in [6.45, 7) is 5.03. The van der Waals surface area contributed by atoms with Crippen LogP contribution < -0.4 is 4.90 Å². The second-order valence-electron chi connectivity index (χ2n) is 4.01. The van der Waals surface area contributed by atoms with Gasteiger partial charge in [-0.15, -0.1) is 0 Å². The molecule has 15 heavy (non-hydrogen) atoms. The highest BCUT2D eigenvalue weighted by Crippen LogP contribution is 2.30. The summed E-state index contributed by atoms with van der Waals surface area (Å²) in [5.74, 6) is 1.03. The van der Waals surface area contributed by atoms with Crippen molar-refractivity contribution in [3.63, 3.8) is 0 Å². The van der Waals surface area contributed by atoms with Crippen LogP contribution in [0.15, 0.2) is 6.20 Å². The van der Waals surface area contributed by atoms with Crippen LogP contribution in [0.1, 0.15) is 24.2 Å². The van der Waals surface area contributed by atoms with Crippen LogP contribution in [0.4, 0.5) is 5.82 Å². The van der Waals surface area contributed by atoms with Crippen molar-refractivity contribution in [3.8, 4) is 0 Å². The smallest absolute Gasteiger partial charge is 0.147 e. The number of rotatable bonds is 4. The molecule has 1 aliphatic carbocycles. The lowest BCUT2D eigenvalue weighted by molar-refractivity contribution is 0.804. The Bertz CT molecular complexity index is 350. The topological polar surface area (TPSA) is 29.0 Å². The molecular weight excluding hydrogens is 254 g/mol. The maximum atomic E-state index is 4.60. The van der Waals surface area contributed by atoms with Gasteiger partial charge in [0.25, 0.3) is 0 Å². The normalized spacial score (nSPS) is 15.4. The van der Waals surface area contributed by atoms with Crippen LogP contribution in [0.5, 0.6) is 0 Å². The number of anilines is 1. The van der Waals surface area contributed by atoms with Crippen molar-refractivity contribution in [2.75, 3.05) is 16.8 Å². The monoisotopic (exact) mass is 269 g/mol. The molecule has 3 nitrogen and oxygen atoms in total. The summed E-state index contributed by atoms with van der Waals surface area (Å²) in [7, 11) is 0. The van der Waals surface area contributed by atoms with Crippen LogP contribution in [-0.2, 0) is 0 Å². The third-order valence-corrected chi connectivity index (χ3v) is 3.14. The Morgan fingerprint density at radius 2 is 2.13 bits per heavy atom. The lowest BCUT2D eigenvalue weighted by Crippen LogP contribution is -2.29. The molecule has 1 heterocycles. The first-order chi connectivity index (χ1) is 7.22. The first-order valence-corrected chi connectivity index (χ1v) is 6.47. The fourth-order valence-electron chi connectivity index (χ4n) is 1.63. The van der Waals surface area contributed by atoms with Crippen molar-refractivity contribution < 1.29 is 0 Å². The molecule has 0 N–H and O–H groups in total. The van der Waals surface area contributed by atoms with Crippen LogP contribution in [0, 0.1) is 13.8 Å². The third kappa shape index (κ3) is 2.48. The Morgan fingerprint density at radius 1 is 1.40 bits per heavy atom. The number of hydrogen-bond donors (Lipinski definition) is 0. The number of aryl methyl sites for hydroxylation is 2. The lowest BCUT2D eigenvalue weighted by atomic mass is 10.3. The first-order valence-electron chi connectivity index (χ1n) is 5.35. The van der Waals surface area contributed by atoms with E-state index in [0.717, 1.165) is 29.1 Å². The van der Waals surface area contributed by atoms with E-state index in [1.54, 1.807) is 0 Å². The van der Waals surface area contributed by atoms with E-state index >= 15 is 0 Å². The Kier molecular flexibility index (Phi) is 3.24. The van der Waals surface area contributed by atoms with Crippen LogP contribution in [0.25, 0.3) is 0 Å². The van der Waals surface area contributed by atoms with Gasteiger partial charge in [0, 0.05) is 17.9 Å². The fourth-order valence-corrected chi connectivity index (χ4v) is 2.01. The zero-order chi connectivity index (χ0) is 10.8. The Balaban J connectivity index is 2.21. The second kappa shape index (κ2) is 4.47. The SMILES string of the molecule is Cc1ncc(N(CCBr)C2CC2)nc1C. The van der Waals surface area contributed by atoms with Crippen molar-refractivity contribution in [1.29, 1.82) is 0 Å². The minimum atomic E-state index is 0.693. The molecule has 0 spiro atoms. The molecule has 4 heteroatoms. The maximum Gasteiger partial charge on any atom is 0.147 e. The molecule has 0 bridgehead atoms. The molecule has 0 saturated heterocycles. The van der Waals surface area contributed by atoms with E-state index in [1.165, 1.54) is 12.8 Å². The van der Waals surface area contributed by atoms with Crippen LogP contribution in [0.3, 0.4) is 0 Å². The Labute approximate surface area is 99.0 Å². The molecule has 0 amide bonds. The van der Waals surface area contributed by atoms with Crippen molar-refractivity contribution in [2.24, 2.45) is 0 Å². The summed E-state index contributed by atoms with van der Waals surface area (Å²) >= 11 is 3.49. The fraction of sp³-hybridized carbons (Fsp3) is 0.636. The largest absolute Gasteiger partial charge is 0.352 e. The molecule has 1 aliphatic rings. The van der Waals surface area contributed by atoms with Gasteiger partial charge in [0.15, 0.2) is 0 Å². The molecule has 82 valence electrons. The average molecular weight is 270 g/mol. The quantitative estimate of drug-likeness (QED) is 0.787. The van der Waals surface area contributed by atoms with Gasteiger partial charge in [-0.25, -0.2) is 4.98 Å². The summed E-state index contributed by atoms with van der Waals surface area (Å²) < 4.78 is 0. The van der Waals surface area contributed by atoms with Crippen molar-refractivity contribution >= 4 is 21.7 Å². The molecule has 0 atom stereocenters. The highest BCUT2D eigenvalue weighted by molar-refractivity contribution is 9.09. The van der Waals surface area contributed by atoms with Crippen molar-refractivity contribution in [3.05, 3.63) is 17.6 Å². The molecule has 0 radical (unpaired) electrons. The molecular formula is C11H16BrN3. The second-order valence-corrected chi connectivity index (χ2v) is 4.81. The first kappa shape index (κ1) is 10.9. The lowest BCUT2D eigenvalue weighted by Gasteiger charge is -2.22. The van der Waals surface area contributed by atoms with E-state index in [9.17, 15) is 0 Å². The van der Waals surface area contributed by atoms with Gasteiger partial charge in [-0.3, -0.25) is 4.98 Å². The van der Waals surface area contributed by atoms with Gasteiger partial charge in [-0.1, -0.05) is 15.9 Å². The summed E-state index contributed by atoms with van der Waals surface area (Å²) in [5.41, 5.74) is 2.06. The minimum Gasteiger partial charge on any atom is -0.352 e. The van der Waals surface area contributed by atoms with E-state index in [2.05, 4.69) is 30.8 Å². The predicted octanol–water partition coefficient (Wildman–Crippen LogP) is 2.46. The van der Waals surface area contributed by atoms with E-state index < -0.39 is 0 Å².